The van der Waals surface area contributed by atoms with Crippen molar-refractivity contribution in [3.05, 3.63) is 24.5 Å². The molecule has 0 unspecified atom stereocenters. The minimum absolute atomic E-state index is 0.365. The van der Waals surface area contributed by atoms with Crippen molar-refractivity contribution in [1.29, 1.82) is 0 Å². The van der Waals surface area contributed by atoms with Crippen LogP contribution < -0.4 is 11.5 Å². The molecule has 0 aliphatic rings. The van der Waals surface area contributed by atoms with Crippen LogP contribution in [0.1, 0.15) is 0 Å². The second-order valence-electron chi connectivity index (χ2n) is 3.08. The number of nitrogen functional groups attached to an aromatic ring is 2. The minimum atomic E-state index is 0.365. The third kappa shape index (κ3) is 2.21. The monoisotopic (exact) mass is 221 g/mol. The van der Waals surface area contributed by atoms with E-state index < -0.39 is 0 Å². The number of hydrogen-bond donors (Lipinski definition) is 2. The van der Waals surface area contributed by atoms with E-state index in [1.165, 1.54) is 11.8 Å². The summed E-state index contributed by atoms with van der Waals surface area (Å²) in [4.78, 5) is 5.18. The number of rotatable bonds is 2. The molecule has 4 N–H and O–H groups in total. The quantitative estimate of drug-likeness (QED) is 0.794. The molecule has 0 saturated carbocycles. The first-order valence-electron chi connectivity index (χ1n) is 4.33. The fourth-order valence-corrected chi connectivity index (χ4v) is 1.92. The van der Waals surface area contributed by atoms with Crippen molar-refractivity contribution in [2.45, 2.75) is 9.92 Å². The van der Waals surface area contributed by atoms with Crippen molar-refractivity contribution in [2.24, 2.45) is 7.05 Å². The van der Waals surface area contributed by atoms with E-state index in [9.17, 15) is 0 Å². The third-order valence-corrected chi connectivity index (χ3v) is 2.72. The molecule has 2 heterocycles. The highest BCUT2D eigenvalue weighted by Crippen LogP contribution is 2.27. The van der Waals surface area contributed by atoms with Gasteiger partial charge in [-0.1, -0.05) is 11.8 Å². The fourth-order valence-electron chi connectivity index (χ4n) is 1.10. The molecule has 0 aliphatic heterocycles. The molecule has 2 aromatic heterocycles. The van der Waals surface area contributed by atoms with Gasteiger partial charge in [0.2, 0.25) is 0 Å². The van der Waals surface area contributed by atoms with E-state index in [1.54, 1.807) is 16.9 Å². The number of aromatic nitrogens is 3. The van der Waals surface area contributed by atoms with Crippen molar-refractivity contribution in [2.75, 3.05) is 11.5 Å². The van der Waals surface area contributed by atoms with Gasteiger partial charge in [0, 0.05) is 13.2 Å². The number of aryl methyl sites for hydroxylation is 1. The molecule has 2 rings (SSSR count). The molecule has 0 aromatic carbocycles. The van der Waals surface area contributed by atoms with Crippen molar-refractivity contribution in [3.63, 3.8) is 0 Å². The molecule has 0 atom stereocenters. The normalized spacial score (nSPS) is 10.5. The second kappa shape index (κ2) is 3.82. The Hall–Kier alpha value is -1.69. The van der Waals surface area contributed by atoms with Gasteiger partial charge in [0.05, 0.1) is 16.8 Å². The summed E-state index contributed by atoms with van der Waals surface area (Å²) >= 11 is 1.50. The van der Waals surface area contributed by atoms with Crippen LogP contribution in [0.5, 0.6) is 0 Å². The highest BCUT2D eigenvalue weighted by Gasteiger charge is 2.03. The first kappa shape index (κ1) is 9.85. The van der Waals surface area contributed by atoms with E-state index in [1.807, 2.05) is 19.3 Å². The summed E-state index contributed by atoms with van der Waals surface area (Å²) < 4.78 is 1.74. The number of nitrogens with two attached hydrogens (primary N) is 2. The number of hydrogen-bond acceptors (Lipinski definition) is 5. The van der Waals surface area contributed by atoms with Gasteiger partial charge in [-0.05, 0) is 12.1 Å². The number of nitrogens with zero attached hydrogens (tertiary/aromatic N) is 3. The molecule has 0 fully saturated rings. The molecule has 0 bridgehead atoms. The molecule has 2 aromatic rings. The van der Waals surface area contributed by atoms with Gasteiger partial charge in [-0.25, -0.2) is 4.98 Å². The van der Waals surface area contributed by atoms with Crippen molar-refractivity contribution >= 4 is 23.3 Å². The van der Waals surface area contributed by atoms with Gasteiger partial charge in [0.15, 0.2) is 0 Å². The van der Waals surface area contributed by atoms with E-state index in [-0.39, 0.29) is 0 Å². The Morgan fingerprint density at radius 2 is 2.13 bits per heavy atom. The van der Waals surface area contributed by atoms with Gasteiger partial charge in [0.25, 0.3) is 0 Å². The van der Waals surface area contributed by atoms with Gasteiger partial charge >= 0.3 is 0 Å². The lowest BCUT2D eigenvalue weighted by Crippen LogP contribution is -1.97. The SMILES string of the molecule is Cn1cc(Sc2ccc(N)c(N)n2)cn1. The Bertz CT molecular complexity index is 479. The summed E-state index contributed by atoms with van der Waals surface area (Å²) in [5.41, 5.74) is 11.7. The standard InChI is InChI=1S/C9H11N5S/c1-14-5-6(4-12-14)15-8-3-2-7(10)9(11)13-8/h2-5H,10H2,1H3,(H2,11,13). The fraction of sp³-hybridized carbons (Fsp3) is 0.111. The summed E-state index contributed by atoms with van der Waals surface area (Å²) in [5, 5.41) is 4.88. The first-order chi connectivity index (χ1) is 7.15. The van der Waals surface area contributed by atoms with Crippen LogP contribution in [0.15, 0.2) is 34.4 Å². The molecule has 0 aliphatic carbocycles. The summed E-state index contributed by atoms with van der Waals surface area (Å²) in [6.45, 7) is 0. The average molecular weight is 221 g/mol. The van der Waals surface area contributed by atoms with Gasteiger partial charge < -0.3 is 11.5 Å². The molecule has 0 saturated heterocycles. The van der Waals surface area contributed by atoms with Gasteiger partial charge in [0.1, 0.15) is 10.8 Å². The van der Waals surface area contributed by atoms with E-state index in [4.69, 9.17) is 11.5 Å². The summed E-state index contributed by atoms with van der Waals surface area (Å²) in [6.07, 6.45) is 3.69. The lowest BCUT2D eigenvalue weighted by atomic mass is 10.4. The molecular weight excluding hydrogens is 210 g/mol. The maximum Gasteiger partial charge on any atom is 0.147 e. The van der Waals surface area contributed by atoms with E-state index >= 15 is 0 Å². The molecule has 0 spiro atoms. The van der Waals surface area contributed by atoms with Crippen LogP contribution in [0.4, 0.5) is 11.5 Å². The van der Waals surface area contributed by atoms with Crippen LogP contribution in [0.3, 0.4) is 0 Å². The van der Waals surface area contributed by atoms with Crippen LogP contribution in [0.25, 0.3) is 0 Å². The molecule has 6 heteroatoms. The van der Waals surface area contributed by atoms with E-state index in [0.717, 1.165) is 9.92 Å². The highest BCUT2D eigenvalue weighted by atomic mass is 32.2. The Morgan fingerprint density at radius 3 is 2.73 bits per heavy atom. The lowest BCUT2D eigenvalue weighted by molar-refractivity contribution is 0.766. The zero-order chi connectivity index (χ0) is 10.8. The van der Waals surface area contributed by atoms with Gasteiger partial charge in [-0.2, -0.15) is 5.10 Å². The van der Waals surface area contributed by atoms with Crippen molar-refractivity contribution < 1.29 is 0 Å². The van der Waals surface area contributed by atoms with Crippen LogP contribution in [-0.2, 0) is 7.05 Å². The summed E-state index contributed by atoms with van der Waals surface area (Å²) in [7, 11) is 1.87. The number of pyridine rings is 1. The zero-order valence-electron chi connectivity index (χ0n) is 8.21. The topological polar surface area (TPSA) is 82.8 Å². The molecule has 78 valence electrons. The Balaban J connectivity index is 2.21. The van der Waals surface area contributed by atoms with Crippen LogP contribution in [0.2, 0.25) is 0 Å². The predicted molar refractivity (Wildman–Crippen MR) is 60.4 cm³/mol. The van der Waals surface area contributed by atoms with Crippen LogP contribution in [-0.4, -0.2) is 14.8 Å². The molecule has 0 amide bonds. The van der Waals surface area contributed by atoms with Gasteiger partial charge in [-0.15, -0.1) is 0 Å². The largest absolute Gasteiger partial charge is 0.396 e. The molecule has 0 radical (unpaired) electrons. The minimum Gasteiger partial charge on any atom is -0.396 e. The maximum atomic E-state index is 5.61. The maximum absolute atomic E-state index is 5.61. The zero-order valence-corrected chi connectivity index (χ0v) is 9.03. The molecule has 5 nitrogen and oxygen atoms in total. The van der Waals surface area contributed by atoms with Crippen molar-refractivity contribution in [1.82, 2.24) is 14.8 Å². The van der Waals surface area contributed by atoms with Crippen LogP contribution in [0, 0.1) is 0 Å². The van der Waals surface area contributed by atoms with E-state index in [0.29, 0.717) is 11.5 Å². The van der Waals surface area contributed by atoms with E-state index in [2.05, 4.69) is 10.1 Å². The smallest absolute Gasteiger partial charge is 0.147 e. The predicted octanol–water partition coefficient (Wildman–Crippen LogP) is 1.13. The Morgan fingerprint density at radius 1 is 1.33 bits per heavy atom. The highest BCUT2D eigenvalue weighted by molar-refractivity contribution is 7.99. The Labute approximate surface area is 91.5 Å². The number of anilines is 2. The van der Waals surface area contributed by atoms with Gasteiger partial charge in [-0.3, -0.25) is 4.68 Å². The Kier molecular flexibility index (Phi) is 2.51. The third-order valence-electron chi connectivity index (χ3n) is 1.84. The molecular formula is C9H11N5S. The van der Waals surface area contributed by atoms with Crippen LogP contribution >= 0.6 is 11.8 Å². The lowest BCUT2D eigenvalue weighted by Gasteiger charge is -2.01. The molecule has 15 heavy (non-hydrogen) atoms. The second-order valence-corrected chi connectivity index (χ2v) is 4.17. The van der Waals surface area contributed by atoms with Crippen molar-refractivity contribution in [3.8, 4) is 0 Å². The summed E-state index contributed by atoms with van der Waals surface area (Å²) in [5.74, 6) is 0.365. The average Bonchev–Trinajstić information content (AvgIpc) is 2.58. The first-order valence-corrected chi connectivity index (χ1v) is 5.15. The summed E-state index contributed by atoms with van der Waals surface area (Å²) in [6, 6.07) is 3.59.